The lowest BCUT2D eigenvalue weighted by atomic mass is 10.0. The molecule has 1 atom stereocenters. The van der Waals surface area contributed by atoms with Crippen molar-refractivity contribution in [3.8, 4) is 0 Å². The van der Waals surface area contributed by atoms with Crippen molar-refractivity contribution in [1.82, 2.24) is 0 Å². The van der Waals surface area contributed by atoms with Crippen molar-refractivity contribution in [3.63, 3.8) is 0 Å². The van der Waals surface area contributed by atoms with Gasteiger partial charge in [0.15, 0.2) is 0 Å². The molecule has 0 spiro atoms. The van der Waals surface area contributed by atoms with Gasteiger partial charge in [-0.05, 0) is 11.6 Å². The van der Waals surface area contributed by atoms with Crippen LogP contribution in [0.3, 0.4) is 0 Å². The Hall–Kier alpha value is -1.64. The Morgan fingerprint density at radius 2 is 1.89 bits per heavy atom. The van der Waals surface area contributed by atoms with Gasteiger partial charge in [0.1, 0.15) is 0 Å². The van der Waals surface area contributed by atoms with Crippen molar-refractivity contribution in [2.45, 2.75) is 12.5 Å². The van der Waals surface area contributed by atoms with Crippen LogP contribution in [-0.4, -0.2) is 11.2 Å². The standard InChI is InChI=1S/C16H14OS/c1-2-12(17)10-11-6-5-8-14-13-7-3-4-9-15(13)18-16(11)14/h2-9,12,17H,1,10H2. The van der Waals surface area contributed by atoms with Crippen LogP contribution in [0.2, 0.25) is 0 Å². The van der Waals surface area contributed by atoms with Crippen LogP contribution in [0.15, 0.2) is 55.1 Å². The average molecular weight is 254 g/mol. The van der Waals surface area contributed by atoms with Crippen LogP contribution < -0.4 is 0 Å². The van der Waals surface area contributed by atoms with Crippen LogP contribution in [0.4, 0.5) is 0 Å². The number of rotatable bonds is 3. The summed E-state index contributed by atoms with van der Waals surface area (Å²) in [6.07, 6.45) is 1.75. The summed E-state index contributed by atoms with van der Waals surface area (Å²) >= 11 is 1.80. The van der Waals surface area contributed by atoms with Gasteiger partial charge in [0.25, 0.3) is 0 Å². The van der Waals surface area contributed by atoms with Crippen molar-refractivity contribution in [2.75, 3.05) is 0 Å². The Morgan fingerprint density at radius 3 is 2.72 bits per heavy atom. The lowest BCUT2D eigenvalue weighted by Crippen LogP contribution is -2.05. The van der Waals surface area contributed by atoms with E-state index >= 15 is 0 Å². The second kappa shape index (κ2) is 4.56. The van der Waals surface area contributed by atoms with Crippen molar-refractivity contribution in [2.24, 2.45) is 0 Å². The third kappa shape index (κ3) is 1.84. The largest absolute Gasteiger partial charge is 0.389 e. The number of hydrogen-bond acceptors (Lipinski definition) is 2. The minimum atomic E-state index is -0.471. The molecule has 0 fully saturated rings. The van der Waals surface area contributed by atoms with Gasteiger partial charge in [-0.15, -0.1) is 17.9 Å². The molecule has 0 saturated heterocycles. The van der Waals surface area contributed by atoms with Crippen LogP contribution in [0, 0.1) is 0 Å². The molecule has 1 aromatic heterocycles. The van der Waals surface area contributed by atoms with E-state index in [1.165, 1.54) is 25.7 Å². The molecular formula is C16H14OS. The Morgan fingerprint density at radius 1 is 1.11 bits per heavy atom. The SMILES string of the molecule is C=CC(O)Cc1cccc2c1sc1ccccc12. The van der Waals surface area contributed by atoms with E-state index in [4.69, 9.17) is 0 Å². The van der Waals surface area contributed by atoms with E-state index < -0.39 is 6.10 Å². The van der Waals surface area contributed by atoms with Gasteiger partial charge in [0.05, 0.1) is 6.10 Å². The first-order valence-corrected chi connectivity index (χ1v) is 6.81. The fourth-order valence-electron chi connectivity index (χ4n) is 2.27. The second-order valence-electron chi connectivity index (χ2n) is 4.40. The fraction of sp³-hybridized carbons (Fsp3) is 0.125. The van der Waals surface area contributed by atoms with E-state index in [9.17, 15) is 5.11 Å². The normalized spacial score (nSPS) is 12.9. The predicted octanol–water partition coefficient (Wildman–Crippen LogP) is 4.14. The highest BCUT2D eigenvalue weighted by molar-refractivity contribution is 7.26. The molecule has 0 aliphatic carbocycles. The molecule has 0 saturated carbocycles. The lowest BCUT2D eigenvalue weighted by molar-refractivity contribution is 0.225. The maximum atomic E-state index is 9.73. The summed E-state index contributed by atoms with van der Waals surface area (Å²) in [7, 11) is 0. The molecule has 3 aromatic rings. The molecule has 1 heterocycles. The molecule has 2 aromatic carbocycles. The Kier molecular flexibility index (Phi) is 2.90. The van der Waals surface area contributed by atoms with E-state index in [1.54, 1.807) is 17.4 Å². The zero-order valence-electron chi connectivity index (χ0n) is 9.97. The molecular weight excluding hydrogens is 240 g/mol. The maximum Gasteiger partial charge on any atom is 0.0759 e. The summed E-state index contributed by atoms with van der Waals surface area (Å²) in [5.41, 5.74) is 1.20. The molecule has 0 radical (unpaired) electrons. The summed E-state index contributed by atoms with van der Waals surface area (Å²) in [6, 6.07) is 14.7. The summed E-state index contributed by atoms with van der Waals surface area (Å²) in [4.78, 5) is 0. The summed E-state index contributed by atoms with van der Waals surface area (Å²) in [5.74, 6) is 0. The molecule has 1 nitrogen and oxygen atoms in total. The smallest absolute Gasteiger partial charge is 0.0759 e. The fourth-order valence-corrected chi connectivity index (χ4v) is 3.50. The first-order chi connectivity index (χ1) is 8.79. The van der Waals surface area contributed by atoms with Crippen LogP contribution in [0.25, 0.3) is 20.2 Å². The number of aliphatic hydroxyl groups excluding tert-OH is 1. The highest BCUT2D eigenvalue weighted by Gasteiger charge is 2.10. The average Bonchev–Trinajstić information content (AvgIpc) is 2.78. The van der Waals surface area contributed by atoms with Crippen molar-refractivity contribution in [3.05, 3.63) is 60.7 Å². The highest BCUT2D eigenvalue weighted by atomic mass is 32.1. The van der Waals surface area contributed by atoms with Gasteiger partial charge in [-0.2, -0.15) is 0 Å². The predicted molar refractivity (Wildman–Crippen MR) is 79.2 cm³/mol. The van der Waals surface area contributed by atoms with E-state index in [1.807, 2.05) is 0 Å². The number of aliphatic hydroxyl groups is 1. The topological polar surface area (TPSA) is 20.2 Å². The highest BCUT2D eigenvalue weighted by Crippen LogP contribution is 2.35. The van der Waals surface area contributed by atoms with Crippen molar-refractivity contribution < 1.29 is 5.11 Å². The lowest BCUT2D eigenvalue weighted by Gasteiger charge is -2.06. The Balaban J connectivity index is 2.24. The maximum absolute atomic E-state index is 9.73. The summed E-state index contributed by atoms with van der Waals surface area (Å²) < 4.78 is 2.58. The molecule has 18 heavy (non-hydrogen) atoms. The van der Waals surface area contributed by atoms with Gasteiger partial charge in [0.2, 0.25) is 0 Å². The third-order valence-corrected chi connectivity index (χ3v) is 4.45. The van der Waals surface area contributed by atoms with E-state index in [-0.39, 0.29) is 0 Å². The van der Waals surface area contributed by atoms with Crippen molar-refractivity contribution >= 4 is 31.5 Å². The number of thiophene rings is 1. The third-order valence-electron chi connectivity index (χ3n) is 3.19. The van der Waals surface area contributed by atoms with Gasteiger partial charge in [0, 0.05) is 26.6 Å². The van der Waals surface area contributed by atoms with Crippen LogP contribution >= 0.6 is 11.3 Å². The van der Waals surface area contributed by atoms with E-state index in [0.29, 0.717) is 6.42 Å². The van der Waals surface area contributed by atoms with Crippen molar-refractivity contribution in [1.29, 1.82) is 0 Å². The second-order valence-corrected chi connectivity index (χ2v) is 5.45. The molecule has 0 bridgehead atoms. The number of benzene rings is 2. The molecule has 90 valence electrons. The summed E-state index contributed by atoms with van der Waals surface area (Å²) in [5, 5.41) is 12.3. The van der Waals surface area contributed by atoms with Crippen LogP contribution in [0.1, 0.15) is 5.56 Å². The first-order valence-electron chi connectivity index (χ1n) is 5.99. The molecule has 0 amide bonds. The number of hydrogen-bond donors (Lipinski definition) is 1. The molecule has 0 aliphatic heterocycles. The van der Waals surface area contributed by atoms with Gasteiger partial charge in [-0.3, -0.25) is 0 Å². The zero-order valence-corrected chi connectivity index (χ0v) is 10.8. The van der Waals surface area contributed by atoms with E-state index in [2.05, 4.69) is 49.0 Å². The molecule has 2 heteroatoms. The minimum absolute atomic E-state index is 0.471. The Labute approximate surface area is 110 Å². The van der Waals surface area contributed by atoms with Gasteiger partial charge < -0.3 is 5.11 Å². The van der Waals surface area contributed by atoms with Crippen LogP contribution in [0.5, 0.6) is 0 Å². The van der Waals surface area contributed by atoms with E-state index in [0.717, 1.165) is 0 Å². The zero-order chi connectivity index (χ0) is 12.5. The van der Waals surface area contributed by atoms with Gasteiger partial charge >= 0.3 is 0 Å². The minimum Gasteiger partial charge on any atom is -0.389 e. The molecule has 3 rings (SSSR count). The monoisotopic (exact) mass is 254 g/mol. The number of fused-ring (bicyclic) bond motifs is 3. The molecule has 0 aliphatic rings. The molecule has 1 unspecified atom stereocenters. The van der Waals surface area contributed by atoms with Gasteiger partial charge in [-0.1, -0.05) is 42.5 Å². The molecule has 1 N–H and O–H groups in total. The van der Waals surface area contributed by atoms with Crippen LogP contribution in [-0.2, 0) is 6.42 Å². The Bertz CT molecular complexity index is 711. The van der Waals surface area contributed by atoms with Gasteiger partial charge in [-0.25, -0.2) is 0 Å². The quantitative estimate of drug-likeness (QED) is 0.696. The summed E-state index contributed by atoms with van der Waals surface area (Å²) in [6.45, 7) is 3.63. The first kappa shape index (κ1) is 11.5.